The minimum atomic E-state index is -0.203. The van der Waals surface area contributed by atoms with Gasteiger partial charge in [-0.1, -0.05) is 24.6 Å². The highest BCUT2D eigenvalue weighted by atomic mass is 16.3. The van der Waals surface area contributed by atoms with Gasteiger partial charge in [0.15, 0.2) is 5.76 Å². The average molecular weight is 435 g/mol. The molecule has 2 unspecified atom stereocenters. The number of carbonyl (C=O) groups is 2. The summed E-state index contributed by atoms with van der Waals surface area (Å²) in [5.74, 6) is 1.11. The van der Waals surface area contributed by atoms with E-state index in [1.807, 2.05) is 63.2 Å². The van der Waals surface area contributed by atoms with E-state index in [1.165, 1.54) is 0 Å². The maximum atomic E-state index is 13.3. The Bertz CT molecular complexity index is 1080. The van der Waals surface area contributed by atoms with Crippen molar-refractivity contribution in [3.63, 3.8) is 0 Å². The normalized spacial score (nSPS) is 18.5. The number of carbonyl (C=O) groups excluding carboxylic acids is 2. The Hall–Kier alpha value is -3.35. The lowest BCUT2D eigenvalue weighted by Crippen LogP contribution is -2.43. The van der Waals surface area contributed by atoms with Gasteiger partial charge in [0.05, 0.1) is 11.3 Å². The number of aromatic nitrogens is 2. The van der Waals surface area contributed by atoms with Crippen LogP contribution in [-0.4, -0.2) is 33.7 Å². The van der Waals surface area contributed by atoms with Crippen LogP contribution < -0.4 is 10.6 Å². The smallest absolute Gasteiger partial charge is 0.255 e. The highest BCUT2D eigenvalue weighted by Crippen LogP contribution is 2.28. The predicted octanol–water partition coefficient (Wildman–Crippen LogP) is 4.25. The molecule has 1 fully saturated rings. The Morgan fingerprint density at radius 3 is 2.59 bits per heavy atom. The number of aryl methyl sites for hydroxylation is 1. The molecule has 2 N–H and O–H groups in total. The van der Waals surface area contributed by atoms with E-state index in [4.69, 9.17) is 4.42 Å². The van der Waals surface area contributed by atoms with Crippen molar-refractivity contribution in [2.75, 3.05) is 0 Å². The SMILES string of the molecule is Cc1ccc(-c2nn(-c3ccccc3)cc2C(=O)NC2CCCC(C(=O)NC(C)C)C2)o1. The Kier molecular flexibility index (Phi) is 6.44. The molecule has 0 saturated heterocycles. The molecule has 4 rings (SSSR count). The third-order valence-corrected chi connectivity index (χ3v) is 5.76. The van der Waals surface area contributed by atoms with Gasteiger partial charge < -0.3 is 15.1 Å². The van der Waals surface area contributed by atoms with Crippen molar-refractivity contribution >= 4 is 11.8 Å². The van der Waals surface area contributed by atoms with Gasteiger partial charge in [-0.2, -0.15) is 5.10 Å². The second-order valence-corrected chi connectivity index (χ2v) is 8.78. The first-order chi connectivity index (χ1) is 15.4. The van der Waals surface area contributed by atoms with Crippen molar-refractivity contribution in [2.24, 2.45) is 5.92 Å². The van der Waals surface area contributed by atoms with Gasteiger partial charge in [-0.05, 0) is 64.3 Å². The van der Waals surface area contributed by atoms with Crippen LogP contribution in [0.15, 0.2) is 53.1 Å². The number of furan rings is 1. The lowest BCUT2D eigenvalue weighted by atomic mass is 9.85. The van der Waals surface area contributed by atoms with Crippen LogP contribution in [-0.2, 0) is 4.79 Å². The van der Waals surface area contributed by atoms with Crippen molar-refractivity contribution in [3.05, 3.63) is 60.0 Å². The summed E-state index contributed by atoms with van der Waals surface area (Å²) in [5.41, 5.74) is 1.82. The lowest BCUT2D eigenvalue weighted by Gasteiger charge is -2.29. The van der Waals surface area contributed by atoms with E-state index in [2.05, 4.69) is 15.7 Å². The Labute approximate surface area is 188 Å². The van der Waals surface area contributed by atoms with Crippen LogP contribution in [0.1, 0.15) is 55.6 Å². The first kappa shape index (κ1) is 21.9. The molecule has 7 nitrogen and oxygen atoms in total. The van der Waals surface area contributed by atoms with Crippen LogP contribution in [0.2, 0.25) is 0 Å². The van der Waals surface area contributed by atoms with Gasteiger partial charge in [-0.25, -0.2) is 4.68 Å². The van der Waals surface area contributed by atoms with Gasteiger partial charge >= 0.3 is 0 Å². The van der Waals surface area contributed by atoms with Crippen LogP contribution in [0.4, 0.5) is 0 Å². The second-order valence-electron chi connectivity index (χ2n) is 8.78. The van der Waals surface area contributed by atoms with Gasteiger partial charge in [0, 0.05) is 24.2 Å². The zero-order valence-corrected chi connectivity index (χ0v) is 18.8. The van der Waals surface area contributed by atoms with E-state index in [-0.39, 0.29) is 29.8 Å². The maximum Gasteiger partial charge on any atom is 0.255 e. The number of amides is 2. The van der Waals surface area contributed by atoms with Crippen LogP contribution in [0.5, 0.6) is 0 Å². The van der Waals surface area contributed by atoms with Crippen LogP contribution in [0.3, 0.4) is 0 Å². The van der Waals surface area contributed by atoms with E-state index >= 15 is 0 Å². The van der Waals surface area contributed by atoms with Gasteiger partial charge in [0.25, 0.3) is 5.91 Å². The Morgan fingerprint density at radius 2 is 1.91 bits per heavy atom. The minimum Gasteiger partial charge on any atom is -0.460 e. The molecule has 1 aliphatic rings. The monoisotopic (exact) mass is 434 g/mol. The summed E-state index contributed by atoms with van der Waals surface area (Å²) < 4.78 is 7.47. The Morgan fingerprint density at radius 1 is 1.12 bits per heavy atom. The molecule has 1 aromatic carbocycles. The van der Waals surface area contributed by atoms with Crippen LogP contribution >= 0.6 is 0 Å². The van der Waals surface area contributed by atoms with Gasteiger partial charge in [-0.3, -0.25) is 9.59 Å². The highest BCUT2D eigenvalue weighted by Gasteiger charge is 2.30. The average Bonchev–Trinajstić information content (AvgIpc) is 3.40. The highest BCUT2D eigenvalue weighted by molar-refractivity contribution is 5.99. The van der Waals surface area contributed by atoms with Crippen molar-refractivity contribution < 1.29 is 14.0 Å². The number of hydrogen-bond donors (Lipinski definition) is 2. The van der Waals surface area contributed by atoms with E-state index in [1.54, 1.807) is 10.9 Å². The number of hydrogen-bond acceptors (Lipinski definition) is 4. The van der Waals surface area contributed by atoms with Crippen LogP contribution in [0, 0.1) is 12.8 Å². The molecule has 2 heterocycles. The molecule has 2 amide bonds. The molecule has 2 aromatic heterocycles. The molecule has 0 aliphatic heterocycles. The molecule has 0 spiro atoms. The first-order valence-electron chi connectivity index (χ1n) is 11.2. The molecule has 7 heteroatoms. The molecule has 0 radical (unpaired) electrons. The number of nitrogens with zero attached hydrogens (tertiary/aromatic N) is 2. The Balaban J connectivity index is 1.56. The quantitative estimate of drug-likeness (QED) is 0.607. The summed E-state index contributed by atoms with van der Waals surface area (Å²) in [6, 6.07) is 13.4. The molecular formula is C25H30N4O3. The van der Waals surface area contributed by atoms with Gasteiger partial charge in [0.1, 0.15) is 11.5 Å². The number of para-hydroxylation sites is 1. The van der Waals surface area contributed by atoms with Crippen molar-refractivity contribution in [3.8, 4) is 17.1 Å². The topological polar surface area (TPSA) is 89.2 Å². The van der Waals surface area contributed by atoms with Crippen LogP contribution in [0.25, 0.3) is 17.1 Å². The molecule has 0 bridgehead atoms. The summed E-state index contributed by atoms with van der Waals surface area (Å²) >= 11 is 0. The number of nitrogens with one attached hydrogen (secondary N) is 2. The van der Waals surface area contributed by atoms with Crippen molar-refractivity contribution in [1.82, 2.24) is 20.4 Å². The fraction of sp³-hybridized carbons (Fsp3) is 0.400. The third kappa shape index (κ3) is 4.93. The summed E-state index contributed by atoms with van der Waals surface area (Å²) in [4.78, 5) is 25.8. The zero-order valence-electron chi connectivity index (χ0n) is 18.8. The fourth-order valence-corrected chi connectivity index (χ4v) is 4.22. The predicted molar refractivity (Wildman–Crippen MR) is 122 cm³/mol. The summed E-state index contributed by atoms with van der Waals surface area (Å²) in [6.07, 6.45) is 5.01. The molecule has 168 valence electrons. The fourth-order valence-electron chi connectivity index (χ4n) is 4.22. The summed E-state index contributed by atoms with van der Waals surface area (Å²) in [6.45, 7) is 5.78. The summed E-state index contributed by atoms with van der Waals surface area (Å²) in [5, 5.41) is 10.8. The molecular weight excluding hydrogens is 404 g/mol. The van der Waals surface area contributed by atoms with Crippen molar-refractivity contribution in [1.29, 1.82) is 0 Å². The molecule has 3 aromatic rings. The molecule has 32 heavy (non-hydrogen) atoms. The summed E-state index contributed by atoms with van der Waals surface area (Å²) in [7, 11) is 0. The number of benzene rings is 1. The maximum absolute atomic E-state index is 13.3. The molecule has 1 aliphatic carbocycles. The zero-order chi connectivity index (χ0) is 22.7. The van der Waals surface area contributed by atoms with E-state index in [0.717, 1.165) is 30.7 Å². The lowest BCUT2D eigenvalue weighted by molar-refractivity contribution is -0.126. The second kappa shape index (κ2) is 9.42. The standard InChI is InChI=1S/C25H30N4O3/c1-16(2)26-24(30)18-8-7-9-19(14-18)27-25(31)21-15-29(20-10-5-4-6-11-20)28-23(21)22-13-12-17(3)32-22/h4-6,10-13,15-16,18-19H,7-9,14H2,1-3H3,(H,26,30)(H,27,31). The van der Waals surface area contributed by atoms with E-state index in [0.29, 0.717) is 23.4 Å². The number of rotatable bonds is 6. The third-order valence-electron chi connectivity index (χ3n) is 5.76. The van der Waals surface area contributed by atoms with Crippen molar-refractivity contribution in [2.45, 2.75) is 58.5 Å². The minimum absolute atomic E-state index is 0.0505. The first-order valence-corrected chi connectivity index (χ1v) is 11.2. The molecule has 2 atom stereocenters. The molecule has 1 saturated carbocycles. The van der Waals surface area contributed by atoms with E-state index in [9.17, 15) is 9.59 Å². The van der Waals surface area contributed by atoms with Gasteiger partial charge in [0.2, 0.25) is 5.91 Å². The van der Waals surface area contributed by atoms with E-state index < -0.39 is 0 Å². The van der Waals surface area contributed by atoms with Gasteiger partial charge in [-0.15, -0.1) is 0 Å². The largest absolute Gasteiger partial charge is 0.460 e.